The largest absolute Gasteiger partial charge is 0.336 e. The van der Waals surface area contributed by atoms with Crippen LogP contribution in [0.25, 0.3) is 10.7 Å². The molecule has 148 valence electrons. The summed E-state index contributed by atoms with van der Waals surface area (Å²) in [6.07, 6.45) is 1.73. The van der Waals surface area contributed by atoms with Crippen molar-refractivity contribution in [3.05, 3.63) is 70.9 Å². The summed E-state index contributed by atoms with van der Waals surface area (Å²) in [5.74, 6) is 0.180. The number of thiazole rings is 1. The Labute approximate surface area is 180 Å². The fourth-order valence-electron chi connectivity index (χ4n) is 3.39. The Bertz CT molecular complexity index is 920. The number of nitrogens with two attached hydrogens (primary N) is 1. The molecule has 0 bridgehead atoms. The van der Waals surface area contributed by atoms with Crippen LogP contribution in [0.1, 0.15) is 26.8 Å². The van der Waals surface area contributed by atoms with E-state index in [0.717, 1.165) is 16.4 Å². The third-order valence-electron chi connectivity index (χ3n) is 4.75. The van der Waals surface area contributed by atoms with Crippen molar-refractivity contribution in [2.45, 2.75) is 18.9 Å². The number of aryl methyl sites for hydroxylation is 1. The summed E-state index contributed by atoms with van der Waals surface area (Å²) >= 11 is 1.40. The first kappa shape index (κ1) is 22.3. The number of carbonyl (C=O) groups excluding carboxylic acids is 1. The Morgan fingerprint density at radius 2 is 1.82 bits per heavy atom. The highest BCUT2D eigenvalue weighted by atomic mass is 35.5. The molecule has 3 aromatic rings. The van der Waals surface area contributed by atoms with Gasteiger partial charge in [0.05, 0.1) is 11.4 Å². The molecule has 1 saturated heterocycles. The van der Waals surface area contributed by atoms with Gasteiger partial charge in [-0.05, 0) is 24.6 Å². The lowest BCUT2D eigenvalue weighted by molar-refractivity contribution is 0.0793. The summed E-state index contributed by atoms with van der Waals surface area (Å²) < 4.78 is 0. The van der Waals surface area contributed by atoms with E-state index < -0.39 is 0 Å². The first-order chi connectivity index (χ1) is 12.6. The second-order valence-electron chi connectivity index (χ2n) is 6.54. The summed E-state index contributed by atoms with van der Waals surface area (Å²) in [6.45, 7) is 3.08. The van der Waals surface area contributed by atoms with Gasteiger partial charge in [-0.25, -0.2) is 4.98 Å². The summed E-state index contributed by atoms with van der Waals surface area (Å²) in [5, 5.41) is 0.773. The zero-order valence-corrected chi connectivity index (χ0v) is 17.8. The molecule has 1 aliphatic rings. The number of pyridine rings is 1. The average Bonchev–Trinajstić information content (AvgIpc) is 3.26. The molecule has 0 saturated carbocycles. The molecule has 0 aliphatic carbocycles. The van der Waals surface area contributed by atoms with E-state index >= 15 is 0 Å². The van der Waals surface area contributed by atoms with E-state index in [9.17, 15) is 4.79 Å². The van der Waals surface area contributed by atoms with E-state index in [-0.39, 0.29) is 42.7 Å². The van der Waals surface area contributed by atoms with Gasteiger partial charge in [-0.1, -0.05) is 36.4 Å². The van der Waals surface area contributed by atoms with Crippen LogP contribution in [-0.4, -0.2) is 39.9 Å². The summed E-state index contributed by atoms with van der Waals surface area (Å²) in [4.78, 5) is 24.5. The van der Waals surface area contributed by atoms with Gasteiger partial charge >= 0.3 is 0 Å². The number of nitrogens with zero attached hydrogens (tertiary/aromatic N) is 3. The smallest absolute Gasteiger partial charge is 0.265 e. The predicted molar refractivity (Wildman–Crippen MR) is 118 cm³/mol. The Balaban J connectivity index is 0.00000140. The highest BCUT2D eigenvalue weighted by Crippen LogP contribution is 2.31. The number of hydrogen-bond acceptors (Lipinski definition) is 5. The van der Waals surface area contributed by atoms with Gasteiger partial charge in [0, 0.05) is 31.2 Å². The molecule has 1 aromatic carbocycles. The van der Waals surface area contributed by atoms with Crippen LogP contribution in [0, 0.1) is 6.92 Å². The second kappa shape index (κ2) is 9.47. The number of amides is 1. The summed E-state index contributed by atoms with van der Waals surface area (Å²) in [5.41, 5.74) is 9.06. The quantitative estimate of drug-likeness (QED) is 0.674. The Kier molecular flexibility index (Phi) is 7.55. The number of carbonyl (C=O) groups is 1. The van der Waals surface area contributed by atoms with Crippen molar-refractivity contribution < 1.29 is 4.79 Å². The molecule has 2 N–H and O–H groups in total. The molecule has 1 fully saturated rings. The average molecular weight is 437 g/mol. The Morgan fingerprint density at radius 3 is 2.50 bits per heavy atom. The van der Waals surface area contributed by atoms with Crippen molar-refractivity contribution >= 4 is 42.1 Å². The predicted octanol–water partition coefficient (Wildman–Crippen LogP) is 3.92. The molecular formula is C20H22Cl2N4OS. The minimum atomic E-state index is -0.0511. The third-order valence-corrected chi connectivity index (χ3v) is 5.92. The van der Waals surface area contributed by atoms with Gasteiger partial charge in [-0.3, -0.25) is 9.78 Å². The SMILES string of the molecule is Cc1nc(-c2ccccn2)sc1C(=O)N1C[C@@H](N)[C@H](c2ccccc2)C1.Cl.Cl. The number of hydrogen-bond donors (Lipinski definition) is 1. The molecule has 5 nitrogen and oxygen atoms in total. The summed E-state index contributed by atoms with van der Waals surface area (Å²) in [7, 11) is 0. The van der Waals surface area contributed by atoms with Crippen molar-refractivity contribution in [2.24, 2.45) is 5.73 Å². The monoisotopic (exact) mass is 436 g/mol. The maximum absolute atomic E-state index is 13.1. The Hall–Kier alpha value is -1.99. The van der Waals surface area contributed by atoms with Crippen LogP contribution in [0.5, 0.6) is 0 Å². The number of benzene rings is 1. The molecule has 2 atom stereocenters. The molecule has 3 heterocycles. The van der Waals surface area contributed by atoms with Crippen LogP contribution in [0.2, 0.25) is 0 Å². The van der Waals surface area contributed by atoms with E-state index in [1.807, 2.05) is 48.2 Å². The van der Waals surface area contributed by atoms with Crippen LogP contribution >= 0.6 is 36.2 Å². The topological polar surface area (TPSA) is 72.1 Å². The molecule has 1 amide bonds. The summed E-state index contributed by atoms with van der Waals surface area (Å²) in [6, 6.07) is 15.8. The molecule has 8 heteroatoms. The number of rotatable bonds is 3. The van der Waals surface area contributed by atoms with Gasteiger partial charge in [0.25, 0.3) is 5.91 Å². The van der Waals surface area contributed by atoms with Gasteiger partial charge in [-0.15, -0.1) is 36.2 Å². The lowest BCUT2D eigenvalue weighted by atomic mass is 9.95. The van der Waals surface area contributed by atoms with Crippen LogP contribution < -0.4 is 5.73 Å². The minimum absolute atomic E-state index is 0. The number of likely N-dealkylation sites (tertiary alicyclic amines) is 1. The van der Waals surface area contributed by atoms with E-state index in [2.05, 4.69) is 22.1 Å². The fourth-order valence-corrected chi connectivity index (χ4v) is 4.40. The van der Waals surface area contributed by atoms with Gasteiger partial charge in [0.1, 0.15) is 9.88 Å². The highest BCUT2D eigenvalue weighted by molar-refractivity contribution is 7.17. The molecule has 0 unspecified atom stereocenters. The molecule has 4 rings (SSSR count). The molecule has 2 aromatic heterocycles. The standard InChI is InChI=1S/C20H20N4OS.2ClH/c1-13-18(26-19(23-13)17-9-5-6-10-22-17)20(25)24-11-15(16(21)12-24)14-7-3-2-4-8-14;;/h2-10,15-16H,11-12,21H2,1H3;2*1H/t15-,16+;;/m0../s1. The van der Waals surface area contributed by atoms with E-state index in [0.29, 0.717) is 18.0 Å². The second-order valence-corrected chi connectivity index (χ2v) is 7.54. The van der Waals surface area contributed by atoms with Crippen LogP contribution in [0.4, 0.5) is 0 Å². The van der Waals surface area contributed by atoms with Gasteiger partial charge in [-0.2, -0.15) is 0 Å². The Morgan fingerprint density at radius 1 is 1.11 bits per heavy atom. The lowest BCUT2D eigenvalue weighted by Gasteiger charge is -2.15. The van der Waals surface area contributed by atoms with E-state index in [1.54, 1.807) is 6.20 Å². The van der Waals surface area contributed by atoms with Crippen molar-refractivity contribution in [3.8, 4) is 10.7 Å². The van der Waals surface area contributed by atoms with Crippen LogP contribution in [0.3, 0.4) is 0 Å². The van der Waals surface area contributed by atoms with Crippen molar-refractivity contribution in [2.75, 3.05) is 13.1 Å². The molecule has 1 aliphatic heterocycles. The van der Waals surface area contributed by atoms with Crippen molar-refractivity contribution in [1.82, 2.24) is 14.9 Å². The van der Waals surface area contributed by atoms with Gasteiger partial charge < -0.3 is 10.6 Å². The number of aromatic nitrogens is 2. The maximum atomic E-state index is 13.1. The molecular weight excluding hydrogens is 415 g/mol. The lowest BCUT2D eigenvalue weighted by Crippen LogP contribution is -2.32. The normalized spacial score (nSPS) is 18.3. The molecule has 0 radical (unpaired) electrons. The highest BCUT2D eigenvalue weighted by Gasteiger charge is 2.35. The third kappa shape index (κ3) is 4.36. The molecule has 28 heavy (non-hydrogen) atoms. The minimum Gasteiger partial charge on any atom is -0.336 e. The maximum Gasteiger partial charge on any atom is 0.265 e. The number of halogens is 2. The first-order valence-corrected chi connectivity index (χ1v) is 9.44. The van der Waals surface area contributed by atoms with E-state index in [1.165, 1.54) is 16.9 Å². The van der Waals surface area contributed by atoms with Crippen molar-refractivity contribution in [1.29, 1.82) is 0 Å². The fraction of sp³-hybridized carbons (Fsp3) is 0.250. The van der Waals surface area contributed by atoms with Gasteiger partial charge in [0.15, 0.2) is 0 Å². The first-order valence-electron chi connectivity index (χ1n) is 8.62. The van der Waals surface area contributed by atoms with Gasteiger partial charge in [0.2, 0.25) is 0 Å². The molecule has 0 spiro atoms. The van der Waals surface area contributed by atoms with Crippen LogP contribution in [0.15, 0.2) is 54.7 Å². The zero-order chi connectivity index (χ0) is 18.1. The van der Waals surface area contributed by atoms with Crippen LogP contribution in [-0.2, 0) is 0 Å². The van der Waals surface area contributed by atoms with E-state index in [4.69, 9.17) is 5.73 Å². The zero-order valence-electron chi connectivity index (χ0n) is 15.3. The van der Waals surface area contributed by atoms with Crippen molar-refractivity contribution in [3.63, 3.8) is 0 Å².